The first-order valence-corrected chi connectivity index (χ1v) is 8.31. The number of piperidine rings is 2. The van der Waals surface area contributed by atoms with Gasteiger partial charge in [0.15, 0.2) is 0 Å². The van der Waals surface area contributed by atoms with E-state index in [-0.39, 0.29) is 0 Å². The van der Waals surface area contributed by atoms with Gasteiger partial charge in [-0.05, 0) is 52.5 Å². The van der Waals surface area contributed by atoms with Crippen LogP contribution in [0, 0.1) is 0 Å². The van der Waals surface area contributed by atoms with Crippen molar-refractivity contribution in [1.82, 2.24) is 10.2 Å². The molecule has 2 atom stereocenters. The average Bonchev–Trinajstić information content (AvgIpc) is 2.36. The highest BCUT2D eigenvalue weighted by Crippen LogP contribution is 2.33. The van der Waals surface area contributed by atoms with Gasteiger partial charge < -0.3 is 10.1 Å². The zero-order valence-electron chi connectivity index (χ0n) is 13.0. The van der Waals surface area contributed by atoms with Crippen LogP contribution in [0.3, 0.4) is 0 Å². The summed E-state index contributed by atoms with van der Waals surface area (Å²) in [6.07, 6.45) is 8.51. The molecule has 2 bridgehead atoms. The van der Waals surface area contributed by atoms with E-state index in [9.17, 15) is 0 Å². The molecule has 2 saturated heterocycles. The normalized spacial score (nSPS) is 31.9. The van der Waals surface area contributed by atoms with Crippen LogP contribution in [0.4, 0.5) is 0 Å². The Kier molecular flexibility index (Phi) is 6.11. The largest absolute Gasteiger partial charge is 0.377 e. The minimum atomic E-state index is 0.364. The second-order valence-corrected chi connectivity index (χ2v) is 6.52. The molecule has 2 aliphatic heterocycles. The summed E-state index contributed by atoms with van der Waals surface area (Å²) in [5.41, 5.74) is 0. The Hall–Kier alpha value is -0.120. The maximum atomic E-state index is 5.74. The third-order valence-corrected chi connectivity index (χ3v) is 4.61. The molecule has 0 saturated carbocycles. The second-order valence-electron chi connectivity index (χ2n) is 6.52. The number of fused-ring (bicyclic) bond motifs is 2. The van der Waals surface area contributed by atoms with E-state index in [4.69, 9.17) is 4.74 Å². The molecule has 112 valence electrons. The molecule has 3 nitrogen and oxygen atoms in total. The van der Waals surface area contributed by atoms with E-state index in [0.717, 1.165) is 31.3 Å². The number of hydrogen-bond donors (Lipinski definition) is 1. The van der Waals surface area contributed by atoms with Crippen molar-refractivity contribution in [2.45, 2.75) is 83.5 Å². The Morgan fingerprint density at radius 1 is 1.21 bits per heavy atom. The minimum Gasteiger partial charge on any atom is -0.377 e. The first-order valence-electron chi connectivity index (χ1n) is 8.31. The highest BCUT2D eigenvalue weighted by atomic mass is 16.5. The molecule has 0 spiro atoms. The lowest BCUT2D eigenvalue weighted by Gasteiger charge is -2.49. The number of nitrogens with one attached hydrogen (secondary N) is 1. The molecule has 0 aliphatic carbocycles. The smallest absolute Gasteiger partial charge is 0.0597 e. The van der Waals surface area contributed by atoms with Crippen LogP contribution in [0.1, 0.15) is 59.3 Å². The zero-order chi connectivity index (χ0) is 13.7. The van der Waals surface area contributed by atoms with Gasteiger partial charge in [-0.15, -0.1) is 0 Å². The predicted octanol–water partition coefficient (Wildman–Crippen LogP) is 2.80. The maximum Gasteiger partial charge on any atom is 0.0597 e. The van der Waals surface area contributed by atoms with E-state index in [1.165, 1.54) is 45.1 Å². The van der Waals surface area contributed by atoms with Crippen LogP contribution < -0.4 is 5.32 Å². The summed E-state index contributed by atoms with van der Waals surface area (Å²) >= 11 is 0. The van der Waals surface area contributed by atoms with Crippen LogP contribution in [0.25, 0.3) is 0 Å². The lowest BCUT2D eigenvalue weighted by Crippen LogP contribution is -2.57. The van der Waals surface area contributed by atoms with Gasteiger partial charge in [0.2, 0.25) is 0 Å². The van der Waals surface area contributed by atoms with Crippen molar-refractivity contribution in [1.29, 1.82) is 0 Å². The van der Waals surface area contributed by atoms with Gasteiger partial charge in [0.05, 0.1) is 12.7 Å². The number of hydrogen-bond acceptors (Lipinski definition) is 3. The van der Waals surface area contributed by atoms with Crippen LogP contribution >= 0.6 is 0 Å². The molecular weight excluding hydrogens is 236 g/mol. The summed E-state index contributed by atoms with van der Waals surface area (Å²) in [5, 5.41) is 3.74. The first-order chi connectivity index (χ1) is 9.20. The Morgan fingerprint density at radius 2 is 1.89 bits per heavy atom. The number of ether oxygens (including phenoxy) is 1. The molecule has 2 fully saturated rings. The van der Waals surface area contributed by atoms with Crippen LogP contribution in [0.15, 0.2) is 0 Å². The molecule has 2 heterocycles. The fraction of sp³-hybridized carbons (Fsp3) is 1.00. The molecule has 2 aliphatic rings. The van der Waals surface area contributed by atoms with Gasteiger partial charge in [-0.3, -0.25) is 4.90 Å². The molecule has 0 aromatic heterocycles. The fourth-order valence-electron chi connectivity index (χ4n) is 3.75. The molecule has 1 N–H and O–H groups in total. The average molecular weight is 268 g/mol. The highest BCUT2D eigenvalue weighted by molar-refractivity contribution is 4.94. The van der Waals surface area contributed by atoms with Crippen LogP contribution in [-0.4, -0.2) is 48.8 Å². The Morgan fingerprint density at radius 3 is 2.47 bits per heavy atom. The first kappa shape index (κ1) is 15.3. The third kappa shape index (κ3) is 4.44. The van der Waals surface area contributed by atoms with Gasteiger partial charge in [-0.25, -0.2) is 0 Å². The van der Waals surface area contributed by atoms with E-state index in [1.54, 1.807) is 0 Å². The van der Waals surface area contributed by atoms with Crippen molar-refractivity contribution in [2.75, 3.05) is 19.7 Å². The Balaban J connectivity index is 1.81. The van der Waals surface area contributed by atoms with Crippen LogP contribution in [0.5, 0.6) is 0 Å². The number of rotatable bonds is 7. The molecule has 0 aromatic rings. The highest BCUT2D eigenvalue weighted by Gasteiger charge is 2.37. The molecule has 3 heteroatoms. The van der Waals surface area contributed by atoms with Crippen LogP contribution in [0.2, 0.25) is 0 Å². The van der Waals surface area contributed by atoms with E-state index >= 15 is 0 Å². The van der Waals surface area contributed by atoms with Gasteiger partial charge in [0.25, 0.3) is 0 Å². The van der Waals surface area contributed by atoms with Crippen molar-refractivity contribution in [3.63, 3.8) is 0 Å². The molecule has 0 radical (unpaired) electrons. The standard InChI is InChI=1S/C16H32N2O/c1-4-8-17-14-11-15-6-5-7-16(12-14)18(15)9-10-19-13(2)3/h13-17H,4-12H2,1-3H3. The Bertz CT molecular complexity index is 243. The van der Waals surface area contributed by atoms with E-state index in [2.05, 4.69) is 31.0 Å². The van der Waals surface area contributed by atoms with Crippen molar-refractivity contribution in [2.24, 2.45) is 0 Å². The minimum absolute atomic E-state index is 0.364. The summed E-state index contributed by atoms with van der Waals surface area (Å²) < 4.78 is 5.74. The molecule has 0 aromatic carbocycles. The Labute approximate surface area is 119 Å². The number of nitrogens with zero attached hydrogens (tertiary/aromatic N) is 1. The summed E-state index contributed by atoms with van der Waals surface area (Å²) in [6.45, 7) is 9.72. The predicted molar refractivity (Wildman–Crippen MR) is 80.5 cm³/mol. The topological polar surface area (TPSA) is 24.5 Å². The van der Waals surface area contributed by atoms with Gasteiger partial charge in [0, 0.05) is 24.7 Å². The second kappa shape index (κ2) is 7.61. The molecular formula is C16H32N2O. The van der Waals surface area contributed by atoms with Crippen LogP contribution in [-0.2, 0) is 4.74 Å². The van der Waals surface area contributed by atoms with Gasteiger partial charge in [-0.1, -0.05) is 13.3 Å². The summed E-state index contributed by atoms with van der Waals surface area (Å²) in [5.74, 6) is 0. The van der Waals surface area contributed by atoms with Crippen molar-refractivity contribution < 1.29 is 4.74 Å². The monoisotopic (exact) mass is 268 g/mol. The molecule has 2 rings (SSSR count). The van der Waals surface area contributed by atoms with E-state index < -0.39 is 0 Å². The lowest BCUT2D eigenvalue weighted by atomic mass is 9.81. The summed E-state index contributed by atoms with van der Waals surface area (Å²) in [4.78, 5) is 2.75. The van der Waals surface area contributed by atoms with Gasteiger partial charge >= 0.3 is 0 Å². The van der Waals surface area contributed by atoms with E-state index in [0.29, 0.717) is 6.10 Å². The lowest BCUT2D eigenvalue weighted by molar-refractivity contribution is -0.0117. The van der Waals surface area contributed by atoms with Gasteiger partial charge in [0.1, 0.15) is 0 Å². The molecule has 0 amide bonds. The molecule has 2 unspecified atom stereocenters. The van der Waals surface area contributed by atoms with Gasteiger partial charge in [-0.2, -0.15) is 0 Å². The van der Waals surface area contributed by atoms with Crippen molar-refractivity contribution in [3.05, 3.63) is 0 Å². The van der Waals surface area contributed by atoms with Crippen molar-refractivity contribution >= 4 is 0 Å². The zero-order valence-corrected chi connectivity index (χ0v) is 13.0. The summed E-state index contributed by atoms with van der Waals surface area (Å²) in [6, 6.07) is 2.37. The van der Waals surface area contributed by atoms with E-state index in [1.807, 2.05) is 0 Å². The summed E-state index contributed by atoms with van der Waals surface area (Å²) in [7, 11) is 0. The van der Waals surface area contributed by atoms with Crippen molar-refractivity contribution in [3.8, 4) is 0 Å². The quantitative estimate of drug-likeness (QED) is 0.768. The fourth-order valence-corrected chi connectivity index (χ4v) is 3.75. The molecule has 19 heavy (non-hydrogen) atoms. The maximum absolute atomic E-state index is 5.74. The third-order valence-electron chi connectivity index (χ3n) is 4.61. The SMILES string of the molecule is CCCNC1CC2CCCC(C1)N2CCOC(C)C.